The monoisotopic (exact) mass is 355 g/mol. The zero-order valence-electron chi connectivity index (χ0n) is 11.5. The SMILES string of the molecule is CC(C)C(Nc1ncc(Br)c2c(N)cc(F)cc12)C(=O)O. The van der Waals surface area contributed by atoms with E-state index in [1.807, 2.05) is 0 Å². The number of nitrogens with zero attached hydrogens (tertiary/aromatic N) is 1. The molecule has 0 aliphatic heterocycles. The van der Waals surface area contributed by atoms with Gasteiger partial charge in [-0.3, -0.25) is 0 Å². The van der Waals surface area contributed by atoms with Crippen LogP contribution in [0.2, 0.25) is 0 Å². The van der Waals surface area contributed by atoms with Gasteiger partial charge in [0.2, 0.25) is 0 Å². The highest BCUT2D eigenvalue weighted by atomic mass is 79.9. The molecule has 0 saturated heterocycles. The minimum Gasteiger partial charge on any atom is -0.480 e. The Bertz CT molecular complexity index is 706. The number of hydrogen-bond donors (Lipinski definition) is 3. The fourth-order valence-corrected chi connectivity index (χ4v) is 2.66. The summed E-state index contributed by atoms with van der Waals surface area (Å²) in [6, 6.07) is 1.67. The lowest BCUT2D eigenvalue weighted by Gasteiger charge is -2.20. The van der Waals surface area contributed by atoms with Crippen molar-refractivity contribution < 1.29 is 14.3 Å². The predicted molar refractivity (Wildman–Crippen MR) is 83.7 cm³/mol. The third-order valence-corrected chi connectivity index (χ3v) is 3.76. The molecule has 0 spiro atoms. The molecule has 0 fully saturated rings. The Morgan fingerprint density at radius 3 is 2.71 bits per heavy atom. The summed E-state index contributed by atoms with van der Waals surface area (Å²) in [6.45, 7) is 3.56. The van der Waals surface area contributed by atoms with Crippen LogP contribution in [0.3, 0.4) is 0 Å². The molecule has 1 atom stereocenters. The number of pyridine rings is 1. The number of fused-ring (bicyclic) bond motifs is 1. The highest BCUT2D eigenvalue weighted by Gasteiger charge is 2.23. The largest absolute Gasteiger partial charge is 0.480 e. The van der Waals surface area contributed by atoms with Crippen LogP contribution in [-0.4, -0.2) is 22.1 Å². The molecular weight excluding hydrogens is 341 g/mol. The van der Waals surface area contributed by atoms with Gasteiger partial charge in [0, 0.05) is 27.1 Å². The lowest BCUT2D eigenvalue weighted by molar-refractivity contribution is -0.138. The van der Waals surface area contributed by atoms with Crippen LogP contribution in [0, 0.1) is 11.7 Å². The van der Waals surface area contributed by atoms with Gasteiger partial charge in [-0.1, -0.05) is 13.8 Å². The van der Waals surface area contributed by atoms with Gasteiger partial charge in [-0.15, -0.1) is 0 Å². The van der Waals surface area contributed by atoms with E-state index in [0.717, 1.165) is 0 Å². The number of nitrogens with one attached hydrogen (secondary N) is 1. The topological polar surface area (TPSA) is 88.2 Å². The smallest absolute Gasteiger partial charge is 0.326 e. The summed E-state index contributed by atoms with van der Waals surface area (Å²) in [5.41, 5.74) is 6.10. The second-order valence-electron chi connectivity index (χ2n) is 5.08. The van der Waals surface area contributed by atoms with E-state index in [1.165, 1.54) is 18.3 Å². The number of nitrogens with two attached hydrogens (primary N) is 1. The molecule has 1 aromatic carbocycles. The second-order valence-corrected chi connectivity index (χ2v) is 5.93. The number of nitrogen functional groups attached to an aromatic ring is 1. The van der Waals surface area contributed by atoms with Gasteiger partial charge in [0.05, 0.1) is 0 Å². The van der Waals surface area contributed by atoms with Crippen molar-refractivity contribution in [3.63, 3.8) is 0 Å². The van der Waals surface area contributed by atoms with Gasteiger partial charge >= 0.3 is 5.97 Å². The maximum absolute atomic E-state index is 13.6. The summed E-state index contributed by atoms with van der Waals surface area (Å²) < 4.78 is 14.2. The van der Waals surface area contributed by atoms with Crippen LogP contribution in [0.4, 0.5) is 15.9 Å². The maximum atomic E-state index is 13.6. The third-order valence-electron chi connectivity index (χ3n) is 3.16. The van der Waals surface area contributed by atoms with Crippen LogP contribution >= 0.6 is 15.9 Å². The summed E-state index contributed by atoms with van der Waals surface area (Å²) in [5.74, 6) is -1.36. The minimum atomic E-state index is -0.993. The highest BCUT2D eigenvalue weighted by Crippen LogP contribution is 2.33. The van der Waals surface area contributed by atoms with Gasteiger partial charge in [-0.2, -0.15) is 0 Å². The van der Waals surface area contributed by atoms with E-state index >= 15 is 0 Å². The van der Waals surface area contributed by atoms with Crippen LogP contribution in [0.25, 0.3) is 10.8 Å². The van der Waals surface area contributed by atoms with E-state index in [0.29, 0.717) is 21.1 Å². The lowest BCUT2D eigenvalue weighted by atomic mass is 10.0. The van der Waals surface area contributed by atoms with E-state index in [1.54, 1.807) is 13.8 Å². The minimum absolute atomic E-state index is 0.158. The average Bonchev–Trinajstić information content (AvgIpc) is 2.36. The normalized spacial score (nSPS) is 12.6. The number of aromatic nitrogens is 1. The number of carboxylic acid groups (broad SMARTS) is 1. The van der Waals surface area contributed by atoms with Crippen molar-refractivity contribution in [3.05, 3.63) is 28.6 Å². The van der Waals surface area contributed by atoms with Crippen molar-refractivity contribution >= 4 is 44.2 Å². The molecule has 5 nitrogen and oxygen atoms in total. The molecule has 21 heavy (non-hydrogen) atoms. The van der Waals surface area contributed by atoms with Crippen molar-refractivity contribution in [2.45, 2.75) is 19.9 Å². The Kier molecular flexibility index (Phi) is 4.32. The lowest BCUT2D eigenvalue weighted by Crippen LogP contribution is -2.34. The number of anilines is 2. The fraction of sp³-hybridized carbons (Fsp3) is 0.286. The quantitative estimate of drug-likeness (QED) is 0.732. The molecule has 0 amide bonds. The van der Waals surface area contributed by atoms with E-state index in [9.17, 15) is 14.3 Å². The first-order chi connectivity index (χ1) is 9.81. The van der Waals surface area contributed by atoms with Crippen LogP contribution in [0.1, 0.15) is 13.8 Å². The molecule has 1 aromatic heterocycles. The number of carbonyl (C=O) groups is 1. The Hall–Kier alpha value is -1.89. The molecule has 112 valence electrons. The standard InChI is InChI=1S/C14H15BrFN3O2/c1-6(2)12(14(20)21)19-13-8-3-7(16)4-10(17)11(8)9(15)5-18-13/h3-6,12H,17H2,1-2H3,(H,18,19)(H,20,21). The number of rotatable bonds is 4. The number of benzene rings is 1. The van der Waals surface area contributed by atoms with Gasteiger partial charge in [0.15, 0.2) is 0 Å². The molecule has 0 aliphatic rings. The van der Waals surface area contributed by atoms with Crippen LogP contribution < -0.4 is 11.1 Å². The van der Waals surface area contributed by atoms with E-state index in [2.05, 4.69) is 26.2 Å². The molecule has 7 heteroatoms. The number of hydrogen-bond acceptors (Lipinski definition) is 4. The van der Waals surface area contributed by atoms with Crippen LogP contribution in [-0.2, 0) is 4.79 Å². The Balaban J connectivity index is 2.60. The van der Waals surface area contributed by atoms with E-state index in [4.69, 9.17) is 5.73 Å². The molecule has 1 unspecified atom stereocenters. The van der Waals surface area contributed by atoms with Crippen LogP contribution in [0.15, 0.2) is 22.8 Å². The van der Waals surface area contributed by atoms with Gasteiger partial charge in [-0.05, 0) is 34.0 Å². The molecule has 4 N–H and O–H groups in total. The van der Waals surface area contributed by atoms with Gasteiger partial charge in [0.1, 0.15) is 17.7 Å². The third kappa shape index (κ3) is 3.07. The summed E-state index contributed by atoms with van der Waals surface area (Å²) in [7, 11) is 0. The first kappa shape index (κ1) is 15.5. The first-order valence-corrected chi connectivity index (χ1v) is 7.13. The summed E-state index contributed by atoms with van der Waals surface area (Å²) in [6.07, 6.45) is 1.51. The number of aliphatic carboxylic acids is 1. The molecular formula is C14H15BrFN3O2. The zero-order chi connectivity index (χ0) is 15.7. The Morgan fingerprint density at radius 1 is 1.48 bits per heavy atom. The molecule has 0 radical (unpaired) electrons. The zero-order valence-corrected chi connectivity index (χ0v) is 13.1. The van der Waals surface area contributed by atoms with E-state index < -0.39 is 17.8 Å². The molecule has 1 heterocycles. The molecule has 0 aliphatic carbocycles. The van der Waals surface area contributed by atoms with E-state index in [-0.39, 0.29) is 11.6 Å². The molecule has 2 rings (SSSR count). The fourth-order valence-electron chi connectivity index (χ4n) is 2.11. The average molecular weight is 356 g/mol. The van der Waals surface area contributed by atoms with Gasteiger partial charge in [-0.25, -0.2) is 14.2 Å². The van der Waals surface area contributed by atoms with Crippen molar-refractivity contribution in [2.75, 3.05) is 11.1 Å². The summed E-state index contributed by atoms with van der Waals surface area (Å²) in [4.78, 5) is 15.4. The highest BCUT2D eigenvalue weighted by molar-refractivity contribution is 9.10. The van der Waals surface area contributed by atoms with Gasteiger partial charge < -0.3 is 16.2 Å². The maximum Gasteiger partial charge on any atom is 0.326 e. The number of halogens is 2. The van der Waals surface area contributed by atoms with Crippen molar-refractivity contribution in [3.8, 4) is 0 Å². The van der Waals surface area contributed by atoms with Crippen molar-refractivity contribution in [2.24, 2.45) is 5.92 Å². The summed E-state index contributed by atoms with van der Waals surface area (Å²) in [5, 5.41) is 13.1. The van der Waals surface area contributed by atoms with Crippen molar-refractivity contribution in [1.29, 1.82) is 0 Å². The number of carboxylic acids is 1. The molecule has 0 bridgehead atoms. The predicted octanol–water partition coefficient (Wildman–Crippen LogP) is 3.24. The molecule has 0 saturated carbocycles. The summed E-state index contributed by atoms with van der Waals surface area (Å²) >= 11 is 3.32. The Morgan fingerprint density at radius 2 is 2.14 bits per heavy atom. The molecule has 2 aromatic rings. The Labute approximate surface area is 129 Å². The van der Waals surface area contributed by atoms with Gasteiger partial charge in [0.25, 0.3) is 0 Å². The second kappa shape index (κ2) is 5.85. The van der Waals surface area contributed by atoms with Crippen LogP contribution in [0.5, 0.6) is 0 Å². The first-order valence-electron chi connectivity index (χ1n) is 6.33. The van der Waals surface area contributed by atoms with Crippen molar-refractivity contribution in [1.82, 2.24) is 4.98 Å².